The average molecular weight is 574 g/mol. The molecule has 0 bridgehead atoms. The molecule has 0 saturated carbocycles. The number of ether oxygens (including phenoxy) is 5. The van der Waals surface area contributed by atoms with Gasteiger partial charge >= 0.3 is 0 Å². The number of hydrogen-bond donors (Lipinski definition) is 3. The van der Waals surface area contributed by atoms with Gasteiger partial charge in [-0.2, -0.15) is 17.6 Å². The van der Waals surface area contributed by atoms with E-state index in [4.69, 9.17) is 29.2 Å². The van der Waals surface area contributed by atoms with Crippen molar-refractivity contribution in [2.24, 2.45) is 0 Å². The fraction of sp³-hybridized carbons (Fsp3) is 1.00. The van der Waals surface area contributed by atoms with Crippen LogP contribution in [0.15, 0.2) is 0 Å². The Kier molecular flexibility index (Phi) is 9.61. The molecule has 1 unspecified atom stereocenters. The maximum Gasteiger partial charge on any atom is 0.300 e. The summed E-state index contributed by atoms with van der Waals surface area (Å²) in [6.07, 6.45) is -10.9. The van der Waals surface area contributed by atoms with E-state index in [0.717, 1.165) is 26.7 Å². The molecule has 8 atom stereocenters. The molecule has 3 aliphatic rings. The number of methoxy groups -OCH3 is 1. The van der Waals surface area contributed by atoms with Gasteiger partial charge in [0.2, 0.25) is 0 Å². The molecule has 0 aromatic carbocycles. The van der Waals surface area contributed by atoms with Crippen LogP contribution < -0.4 is 0 Å². The van der Waals surface area contributed by atoms with Crippen LogP contribution in [0.2, 0.25) is 0 Å². The van der Waals surface area contributed by atoms with Gasteiger partial charge in [0.25, 0.3) is 11.3 Å². The van der Waals surface area contributed by atoms with E-state index in [1.54, 1.807) is 13.8 Å². The Labute approximate surface area is 207 Å². The molecule has 10 nitrogen and oxygen atoms in total. The minimum Gasteiger partial charge on any atom is -0.387 e. The van der Waals surface area contributed by atoms with Gasteiger partial charge in [-0.1, -0.05) is 0 Å². The molecule has 214 valence electrons. The monoisotopic (exact) mass is 574 g/mol. The van der Waals surface area contributed by atoms with Gasteiger partial charge in [-0.05, 0) is 40.5 Å². The second-order valence-electron chi connectivity index (χ2n) is 10.3. The Morgan fingerprint density at radius 2 is 1.25 bits per heavy atom. The van der Waals surface area contributed by atoms with Crippen molar-refractivity contribution in [2.75, 3.05) is 33.8 Å². The Bertz CT molecular complexity index is 863. The fourth-order valence-corrected chi connectivity index (χ4v) is 5.06. The van der Waals surface area contributed by atoms with E-state index in [-0.39, 0.29) is 0 Å². The van der Waals surface area contributed by atoms with Gasteiger partial charge in [0.15, 0.2) is 18.4 Å². The number of aliphatic hydroxyl groups is 3. The largest absolute Gasteiger partial charge is 0.387 e. The van der Waals surface area contributed by atoms with Gasteiger partial charge in [-0.25, -0.2) is 0 Å². The van der Waals surface area contributed by atoms with Gasteiger partial charge in [-0.3, -0.25) is 0 Å². The maximum absolute atomic E-state index is 14.0. The number of alkyl halides is 4. The van der Waals surface area contributed by atoms with Crippen LogP contribution in [-0.4, -0.2) is 115 Å². The summed E-state index contributed by atoms with van der Waals surface area (Å²) in [5.41, 5.74) is -6.80. The van der Waals surface area contributed by atoms with Gasteiger partial charge in [0, 0.05) is 20.0 Å². The van der Waals surface area contributed by atoms with Crippen LogP contribution in [0.4, 0.5) is 17.6 Å². The first-order valence-electron chi connectivity index (χ1n) is 11.1. The number of rotatable bonds is 7. The molecule has 3 rings (SSSR count). The van der Waals surface area contributed by atoms with E-state index >= 15 is 0 Å². The zero-order chi connectivity index (χ0) is 28.1. The molecular formula is C20H36F4O10P2. The first-order valence-corrected chi connectivity index (χ1v) is 16.3. The third kappa shape index (κ3) is 7.08. The molecule has 36 heavy (non-hydrogen) atoms. The Hall–Kier alpha value is -0.140. The predicted molar refractivity (Wildman–Crippen MR) is 120 cm³/mol. The molecule has 0 aromatic rings. The number of fused-ring (bicyclic) bond motifs is 1. The molecular weight excluding hydrogens is 538 g/mol. The highest BCUT2D eigenvalue weighted by molar-refractivity contribution is 7.63. The third-order valence-electron chi connectivity index (χ3n) is 6.15. The van der Waals surface area contributed by atoms with Crippen molar-refractivity contribution in [3.63, 3.8) is 0 Å². The van der Waals surface area contributed by atoms with Crippen molar-refractivity contribution < 1.29 is 65.7 Å². The van der Waals surface area contributed by atoms with E-state index < -0.39 is 93.4 Å². The van der Waals surface area contributed by atoms with Crippen LogP contribution in [0.5, 0.6) is 0 Å². The zero-order valence-electron chi connectivity index (χ0n) is 21.1. The van der Waals surface area contributed by atoms with Crippen molar-refractivity contribution in [1.82, 2.24) is 0 Å². The first-order chi connectivity index (χ1) is 16.0. The second-order valence-corrected chi connectivity index (χ2v) is 17.0. The summed E-state index contributed by atoms with van der Waals surface area (Å²) in [7, 11) is -5.83. The normalized spacial score (nSPS) is 36.9. The summed E-state index contributed by atoms with van der Waals surface area (Å²) in [5.74, 6) is -0.869. The lowest BCUT2D eigenvalue weighted by Gasteiger charge is -2.27. The van der Waals surface area contributed by atoms with Crippen LogP contribution >= 0.6 is 14.3 Å². The Morgan fingerprint density at radius 3 is 1.64 bits per heavy atom. The Balaban J connectivity index is 0.000000261. The Morgan fingerprint density at radius 1 is 0.806 bits per heavy atom. The first kappa shape index (κ1) is 32.1. The standard InChI is InChI=1S/C12H21F2O5P.C8H15F2O5P/c1-11(2)18-8-7(6-12(13,14)20(4,5)15)17-10(16-3)9(8)19-11;1-16(2,14)8(9,10)3-4-5(11)6(12)7(13)15-4/h7-10H,6H2,1-5H3;4-7,11-13H,3H2,1-2H3/t7-,8-,9-,10-;4-,5-,6-,7?/m11/s1. The van der Waals surface area contributed by atoms with E-state index in [1.807, 2.05) is 0 Å². The van der Waals surface area contributed by atoms with Crippen molar-refractivity contribution in [2.45, 2.75) is 93.0 Å². The van der Waals surface area contributed by atoms with Crippen LogP contribution in [0.25, 0.3) is 0 Å². The fourth-order valence-electron chi connectivity index (χ4n) is 3.82. The summed E-state index contributed by atoms with van der Waals surface area (Å²) < 4.78 is 104. The van der Waals surface area contributed by atoms with Gasteiger partial charge in [-0.15, -0.1) is 0 Å². The molecule has 3 aliphatic heterocycles. The number of hydrogen-bond acceptors (Lipinski definition) is 10. The highest BCUT2D eigenvalue weighted by Gasteiger charge is 2.59. The summed E-state index contributed by atoms with van der Waals surface area (Å²) in [6, 6.07) is 0. The highest BCUT2D eigenvalue weighted by Crippen LogP contribution is 2.58. The van der Waals surface area contributed by atoms with E-state index in [9.17, 15) is 31.8 Å². The van der Waals surface area contributed by atoms with Gasteiger partial charge < -0.3 is 48.1 Å². The molecule has 3 saturated heterocycles. The zero-order valence-corrected chi connectivity index (χ0v) is 22.9. The van der Waals surface area contributed by atoms with E-state index in [1.165, 1.54) is 7.11 Å². The molecule has 0 aliphatic carbocycles. The number of halogens is 4. The second kappa shape index (κ2) is 10.8. The summed E-state index contributed by atoms with van der Waals surface area (Å²) in [4.78, 5) is 0. The molecule has 3 heterocycles. The lowest BCUT2D eigenvalue weighted by molar-refractivity contribution is -0.231. The van der Waals surface area contributed by atoms with Crippen LogP contribution in [0, 0.1) is 0 Å². The number of aliphatic hydroxyl groups excluding tert-OH is 3. The minimum absolute atomic E-state index is 0.552. The topological polar surface area (TPSA) is 141 Å². The third-order valence-corrected chi connectivity index (χ3v) is 9.66. The summed E-state index contributed by atoms with van der Waals surface area (Å²) in [6.45, 7) is 7.42. The quantitative estimate of drug-likeness (QED) is 0.307. The molecule has 0 amide bonds. The van der Waals surface area contributed by atoms with E-state index in [2.05, 4.69) is 4.74 Å². The van der Waals surface area contributed by atoms with E-state index in [0.29, 0.717) is 0 Å². The molecule has 3 N–H and O–H groups in total. The molecule has 0 radical (unpaired) electrons. The lowest BCUT2D eigenvalue weighted by Crippen LogP contribution is -2.35. The van der Waals surface area contributed by atoms with Crippen LogP contribution in [0.3, 0.4) is 0 Å². The lowest BCUT2D eigenvalue weighted by atomic mass is 10.1. The smallest absolute Gasteiger partial charge is 0.300 e. The maximum atomic E-state index is 14.0. The van der Waals surface area contributed by atoms with Crippen LogP contribution in [-0.2, 0) is 32.8 Å². The van der Waals surface area contributed by atoms with Crippen molar-refractivity contribution in [3.8, 4) is 0 Å². The van der Waals surface area contributed by atoms with Gasteiger partial charge in [0.05, 0.1) is 12.2 Å². The van der Waals surface area contributed by atoms with Crippen LogP contribution in [0.1, 0.15) is 26.7 Å². The van der Waals surface area contributed by atoms with Crippen molar-refractivity contribution in [3.05, 3.63) is 0 Å². The van der Waals surface area contributed by atoms with Crippen molar-refractivity contribution >= 4 is 14.3 Å². The summed E-state index contributed by atoms with van der Waals surface area (Å²) in [5, 5.41) is 27.4. The molecule has 3 fully saturated rings. The molecule has 16 heteroatoms. The molecule has 0 aromatic heterocycles. The average Bonchev–Trinajstić information content (AvgIpc) is 3.25. The predicted octanol–water partition coefficient (Wildman–Crippen LogP) is 2.51. The molecule has 0 spiro atoms. The SMILES string of the molecule is CO[C@@H]1O[C@H](CC(F)(F)P(C)(C)=O)[C@H]2OC(C)(C)O[C@@H]12.CP(C)(=O)C(F)(F)C[C@H]1OC(O)[C@H](O)[C@@H]1O. The summed E-state index contributed by atoms with van der Waals surface area (Å²) >= 11 is 0. The van der Waals surface area contributed by atoms with Gasteiger partial charge in [0.1, 0.15) is 38.7 Å². The highest BCUT2D eigenvalue weighted by atomic mass is 31.2. The van der Waals surface area contributed by atoms with Crippen molar-refractivity contribution in [1.29, 1.82) is 0 Å². The minimum atomic E-state index is -3.67.